The average molecular weight is 815 g/mol. The van der Waals surface area contributed by atoms with Crippen molar-refractivity contribution in [3.8, 4) is 44.5 Å². The van der Waals surface area contributed by atoms with Crippen molar-refractivity contribution in [1.82, 2.24) is 0 Å². The number of hydrogen-bond donors (Lipinski definition) is 0. The molecule has 2 heterocycles. The molecule has 63 heavy (non-hydrogen) atoms. The van der Waals surface area contributed by atoms with Crippen LogP contribution in [-0.4, -0.2) is 6.85 Å². The van der Waals surface area contributed by atoms with E-state index < -0.39 is 0 Å². The minimum absolute atomic E-state index is 0.0280. The highest BCUT2D eigenvalue weighted by Gasteiger charge is 2.48. The zero-order valence-electron chi connectivity index (χ0n) is 38.1. The summed E-state index contributed by atoms with van der Waals surface area (Å²) in [4.78, 5) is 5.30. The molecule has 0 bridgehead atoms. The Hall–Kier alpha value is -6.58. The van der Waals surface area contributed by atoms with Gasteiger partial charge in [-0.1, -0.05) is 177 Å². The Morgan fingerprint density at radius 2 is 1.06 bits per heavy atom. The van der Waals surface area contributed by atoms with Crippen LogP contribution in [0, 0.1) is 6.92 Å². The van der Waals surface area contributed by atoms with E-state index >= 15 is 0 Å². The van der Waals surface area contributed by atoms with Gasteiger partial charge in [0.15, 0.2) is 0 Å². The van der Waals surface area contributed by atoms with E-state index in [-0.39, 0.29) is 23.1 Å². The zero-order valence-corrected chi connectivity index (χ0v) is 38.1. The third-order valence-electron chi connectivity index (χ3n) is 14.3. The van der Waals surface area contributed by atoms with Crippen molar-refractivity contribution in [3.63, 3.8) is 0 Å². The first-order valence-corrected chi connectivity index (χ1v) is 22.7. The standard InChI is InChI=1S/C60H55BN2/c1-38-19-13-14-22-44(38)40-33-49-46-24-16-18-26-54(46)63(43-30-27-41(28-31-43)58(2,3)4)61-52-37-51-48(45-23-15-17-25-50(45)60(51,8)9)36-55(52)62(56(34-40)57(49)61)53-32-29-42(59(5,6)7)35-47(53)39-20-11-10-12-21-39/h10-37H,1-9H3. The fourth-order valence-electron chi connectivity index (χ4n) is 10.9. The van der Waals surface area contributed by atoms with E-state index in [9.17, 15) is 0 Å². The summed E-state index contributed by atoms with van der Waals surface area (Å²) in [7, 11) is 0. The highest BCUT2D eigenvalue weighted by Crippen LogP contribution is 2.54. The monoisotopic (exact) mass is 814 g/mol. The number of aryl methyl sites for hydroxylation is 1. The number of hydrogen-bond acceptors (Lipinski definition) is 2. The number of benzene rings is 8. The average Bonchev–Trinajstić information content (AvgIpc) is 3.50. The van der Waals surface area contributed by atoms with Gasteiger partial charge in [-0.2, -0.15) is 0 Å². The summed E-state index contributed by atoms with van der Waals surface area (Å²) in [5.41, 5.74) is 25.4. The second-order valence-electron chi connectivity index (χ2n) is 20.7. The topological polar surface area (TPSA) is 6.48 Å². The van der Waals surface area contributed by atoms with Crippen molar-refractivity contribution in [2.45, 2.75) is 78.6 Å². The summed E-state index contributed by atoms with van der Waals surface area (Å²) >= 11 is 0. The van der Waals surface area contributed by atoms with Gasteiger partial charge in [0.05, 0.1) is 5.69 Å². The Labute approximate surface area is 375 Å². The lowest BCUT2D eigenvalue weighted by atomic mass is 9.43. The molecule has 8 aromatic rings. The van der Waals surface area contributed by atoms with Crippen LogP contribution in [0.2, 0.25) is 0 Å². The lowest BCUT2D eigenvalue weighted by Crippen LogP contribution is -2.61. The highest BCUT2D eigenvalue weighted by molar-refractivity contribution is 6.93. The fraction of sp³-hybridized carbons (Fsp3) is 0.200. The lowest BCUT2D eigenvalue weighted by molar-refractivity contribution is 0.590. The predicted molar refractivity (Wildman–Crippen MR) is 271 cm³/mol. The van der Waals surface area contributed by atoms with Crippen molar-refractivity contribution < 1.29 is 0 Å². The van der Waals surface area contributed by atoms with Gasteiger partial charge in [0.1, 0.15) is 0 Å². The third-order valence-corrected chi connectivity index (χ3v) is 14.3. The van der Waals surface area contributed by atoms with Gasteiger partial charge in [0, 0.05) is 39.3 Å². The molecule has 0 unspecified atom stereocenters. The molecule has 0 saturated heterocycles. The molecule has 0 atom stereocenters. The van der Waals surface area contributed by atoms with Crippen molar-refractivity contribution in [2.24, 2.45) is 0 Å². The van der Waals surface area contributed by atoms with Crippen LogP contribution in [-0.2, 0) is 16.2 Å². The molecule has 0 fully saturated rings. The van der Waals surface area contributed by atoms with Gasteiger partial charge in [-0.15, -0.1) is 0 Å². The van der Waals surface area contributed by atoms with Gasteiger partial charge < -0.3 is 9.71 Å². The molecule has 0 amide bonds. The summed E-state index contributed by atoms with van der Waals surface area (Å²) < 4.78 is 0. The first-order chi connectivity index (χ1) is 30.2. The molecule has 2 aliphatic heterocycles. The molecule has 1 aliphatic carbocycles. The maximum absolute atomic E-state index is 2.65. The molecule has 11 rings (SSSR count). The Bertz CT molecular complexity index is 3120. The van der Waals surface area contributed by atoms with Gasteiger partial charge >= 0.3 is 6.85 Å². The highest BCUT2D eigenvalue weighted by atomic mass is 15.2. The SMILES string of the molecule is Cc1ccccc1-c1cc2c3c(c1)N(c1ccc(C(C)(C)C)cc1-c1ccccc1)c1cc4c(cc1B3N(c1ccc(C(C)(C)C)cc1)c1ccccc1-2)C(C)(C)c1ccccc1-4. The van der Waals surface area contributed by atoms with Crippen molar-refractivity contribution in [3.05, 3.63) is 198 Å². The molecule has 0 spiro atoms. The number of para-hydroxylation sites is 1. The molecular weight excluding hydrogens is 759 g/mol. The van der Waals surface area contributed by atoms with Crippen molar-refractivity contribution in [2.75, 3.05) is 9.71 Å². The molecule has 3 heteroatoms. The quantitative estimate of drug-likeness (QED) is 0.163. The van der Waals surface area contributed by atoms with Gasteiger partial charge in [-0.25, -0.2) is 0 Å². The van der Waals surface area contributed by atoms with E-state index in [1.54, 1.807) is 0 Å². The smallest absolute Gasteiger partial charge is 0.333 e. The van der Waals surface area contributed by atoms with Crippen molar-refractivity contribution >= 4 is 46.2 Å². The molecule has 308 valence electrons. The van der Waals surface area contributed by atoms with Crippen LogP contribution in [0.5, 0.6) is 0 Å². The maximum atomic E-state index is 2.65. The molecule has 8 aromatic carbocycles. The number of nitrogens with zero attached hydrogens (tertiary/aromatic N) is 2. The van der Waals surface area contributed by atoms with Crippen LogP contribution in [0.1, 0.15) is 83.2 Å². The van der Waals surface area contributed by atoms with Gasteiger partial charge in [0.2, 0.25) is 0 Å². The minimum Gasteiger partial charge on any atom is -0.376 e. The second-order valence-corrected chi connectivity index (χ2v) is 20.7. The number of anilines is 5. The van der Waals surface area contributed by atoms with E-state index in [2.05, 4.69) is 242 Å². The van der Waals surface area contributed by atoms with Crippen LogP contribution in [0.25, 0.3) is 44.5 Å². The van der Waals surface area contributed by atoms with Crippen LogP contribution < -0.4 is 20.6 Å². The summed E-state index contributed by atoms with van der Waals surface area (Å²) in [6, 6.07) is 64.9. The Morgan fingerprint density at radius 1 is 0.429 bits per heavy atom. The van der Waals surface area contributed by atoms with Crippen LogP contribution >= 0.6 is 0 Å². The largest absolute Gasteiger partial charge is 0.376 e. The Kier molecular flexibility index (Phi) is 8.71. The van der Waals surface area contributed by atoms with Gasteiger partial charge in [-0.3, -0.25) is 0 Å². The maximum Gasteiger partial charge on any atom is 0.333 e. The third kappa shape index (κ3) is 6.07. The van der Waals surface area contributed by atoms with E-state index in [0.29, 0.717) is 0 Å². The van der Waals surface area contributed by atoms with Crippen LogP contribution in [0.3, 0.4) is 0 Å². The van der Waals surface area contributed by atoms with E-state index in [1.165, 1.54) is 112 Å². The number of fused-ring (bicyclic) bond motifs is 7. The van der Waals surface area contributed by atoms with E-state index in [4.69, 9.17) is 0 Å². The fourth-order valence-corrected chi connectivity index (χ4v) is 10.9. The molecule has 0 radical (unpaired) electrons. The van der Waals surface area contributed by atoms with Crippen LogP contribution in [0.15, 0.2) is 170 Å². The van der Waals surface area contributed by atoms with Gasteiger partial charge in [-0.05, 0) is 138 Å². The molecule has 2 nitrogen and oxygen atoms in total. The normalized spacial score (nSPS) is 14.5. The summed E-state index contributed by atoms with van der Waals surface area (Å²) in [6.45, 7) is 20.8. The summed E-state index contributed by atoms with van der Waals surface area (Å²) in [5, 5.41) is 0. The first-order valence-electron chi connectivity index (χ1n) is 22.7. The molecule has 0 aromatic heterocycles. The Morgan fingerprint density at radius 3 is 1.78 bits per heavy atom. The van der Waals surface area contributed by atoms with Crippen LogP contribution in [0.4, 0.5) is 28.4 Å². The molecule has 3 aliphatic rings. The minimum atomic E-state index is -0.168. The molecule has 0 N–H and O–H groups in total. The van der Waals surface area contributed by atoms with E-state index in [0.717, 1.165) is 0 Å². The summed E-state index contributed by atoms with van der Waals surface area (Å²) in [6.07, 6.45) is 0. The Balaban J connectivity index is 1.30. The van der Waals surface area contributed by atoms with Crippen molar-refractivity contribution in [1.29, 1.82) is 0 Å². The predicted octanol–water partition coefficient (Wildman–Crippen LogP) is 14.9. The zero-order chi connectivity index (χ0) is 43.6. The second kappa shape index (κ2) is 14.0. The summed E-state index contributed by atoms with van der Waals surface area (Å²) in [5.74, 6) is 0. The molecular formula is C60H55BN2. The number of rotatable bonds is 4. The van der Waals surface area contributed by atoms with E-state index in [1.807, 2.05) is 0 Å². The first kappa shape index (κ1) is 39.3. The van der Waals surface area contributed by atoms with Gasteiger partial charge in [0.25, 0.3) is 0 Å². The lowest BCUT2D eigenvalue weighted by Gasteiger charge is -2.46. The molecule has 0 saturated carbocycles.